The summed E-state index contributed by atoms with van der Waals surface area (Å²) in [5, 5.41) is 2.00. The Bertz CT molecular complexity index is 627. The Morgan fingerprint density at radius 1 is 1.45 bits per heavy atom. The van der Waals surface area contributed by atoms with Crippen LogP contribution in [0.25, 0.3) is 0 Å². The molecule has 2 rings (SSSR count). The number of nitrogen functional groups attached to an aromatic ring is 1. The first-order chi connectivity index (χ1) is 9.51. The van der Waals surface area contributed by atoms with Crippen LogP contribution in [-0.2, 0) is 6.54 Å². The van der Waals surface area contributed by atoms with E-state index in [0.717, 1.165) is 9.35 Å². The van der Waals surface area contributed by atoms with Crippen LogP contribution in [0.2, 0.25) is 0 Å². The predicted octanol–water partition coefficient (Wildman–Crippen LogP) is 3.37. The molecule has 20 heavy (non-hydrogen) atoms. The van der Waals surface area contributed by atoms with Crippen LogP contribution in [-0.4, -0.2) is 25.0 Å². The quantitative estimate of drug-likeness (QED) is 0.856. The van der Waals surface area contributed by atoms with E-state index in [9.17, 15) is 4.79 Å². The van der Waals surface area contributed by atoms with Gasteiger partial charge in [0, 0.05) is 27.3 Å². The highest BCUT2D eigenvalue weighted by molar-refractivity contribution is 9.10. The Morgan fingerprint density at radius 2 is 2.20 bits per heavy atom. The second-order valence-corrected chi connectivity index (χ2v) is 6.26. The molecule has 0 radical (unpaired) electrons. The van der Waals surface area contributed by atoms with Crippen molar-refractivity contribution in [2.24, 2.45) is 0 Å². The van der Waals surface area contributed by atoms with Gasteiger partial charge in [-0.1, -0.05) is 0 Å². The number of thiophene rings is 1. The molecule has 1 aromatic carbocycles. The maximum Gasteiger partial charge on any atom is 0.254 e. The highest BCUT2D eigenvalue weighted by Gasteiger charge is 2.14. The van der Waals surface area contributed by atoms with E-state index in [1.54, 1.807) is 41.5 Å². The number of benzene rings is 1. The second-order valence-electron chi connectivity index (χ2n) is 4.35. The minimum atomic E-state index is -0.0622. The molecular weight excluding hydrogens is 340 g/mol. The largest absolute Gasteiger partial charge is 0.495 e. The third kappa shape index (κ3) is 3.32. The molecule has 0 spiro atoms. The number of halogens is 1. The number of carbonyl (C=O) groups excluding carboxylic acids is 1. The molecule has 0 atom stereocenters. The SMILES string of the molecule is COc1cc(C(=O)N(C)Cc2cc(Br)cs2)ccc1N. The highest BCUT2D eigenvalue weighted by Crippen LogP contribution is 2.24. The summed E-state index contributed by atoms with van der Waals surface area (Å²) < 4.78 is 6.17. The maximum atomic E-state index is 12.4. The summed E-state index contributed by atoms with van der Waals surface area (Å²) in [7, 11) is 3.31. The van der Waals surface area contributed by atoms with Crippen LogP contribution in [0.15, 0.2) is 34.1 Å². The number of carbonyl (C=O) groups is 1. The Morgan fingerprint density at radius 3 is 2.80 bits per heavy atom. The van der Waals surface area contributed by atoms with Gasteiger partial charge in [0.25, 0.3) is 5.91 Å². The number of hydrogen-bond acceptors (Lipinski definition) is 4. The highest BCUT2D eigenvalue weighted by atomic mass is 79.9. The average molecular weight is 355 g/mol. The molecule has 106 valence electrons. The molecule has 2 N–H and O–H groups in total. The van der Waals surface area contributed by atoms with Crippen molar-refractivity contribution in [2.45, 2.75) is 6.54 Å². The van der Waals surface area contributed by atoms with Crippen molar-refractivity contribution in [1.82, 2.24) is 4.90 Å². The average Bonchev–Trinajstić information content (AvgIpc) is 2.83. The van der Waals surface area contributed by atoms with Gasteiger partial charge in [0.1, 0.15) is 5.75 Å². The van der Waals surface area contributed by atoms with Crippen LogP contribution in [0.5, 0.6) is 5.75 Å². The number of ether oxygens (including phenoxy) is 1. The summed E-state index contributed by atoms with van der Waals surface area (Å²) in [4.78, 5) is 15.1. The fourth-order valence-corrected chi connectivity index (χ4v) is 3.31. The molecule has 6 heteroatoms. The van der Waals surface area contributed by atoms with E-state index < -0.39 is 0 Å². The summed E-state index contributed by atoms with van der Waals surface area (Å²) >= 11 is 5.02. The molecule has 0 aliphatic carbocycles. The zero-order chi connectivity index (χ0) is 14.7. The summed E-state index contributed by atoms with van der Waals surface area (Å²) in [5.74, 6) is 0.455. The normalized spacial score (nSPS) is 10.3. The minimum absolute atomic E-state index is 0.0622. The molecule has 1 amide bonds. The molecule has 0 saturated carbocycles. The van der Waals surface area contributed by atoms with Gasteiger partial charge in [-0.15, -0.1) is 11.3 Å². The van der Waals surface area contributed by atoms with Gasteiger partial charge in [0.15, 0.2) is 0 Å². The molecule has 4 nitrogen and oxygen atoms in total. The lowest BCUT2D eigenvalue weighted by Gasteiger charge is -2.17. The van der Waals surface area contributed by atoms with E-state index in [0.29, 0.717) is 23.5 Å². The van der Waals surface area contributed by atoms with E-state index in [4.69, 9.17) is 10.5 Å². The Kier molecular flexibility index (Phi) is 4.67. The molecule has 0 unspecified atom stereocenters. The summed E-state index contributed by atoms with van der Waals surface area (Å²) in [6, 6.07) is 7.07. The van der Waals surface area contributed by atoms with Gasteiger partial charge in [-0.05, 0) is 40.2 Å². The molecular formula is C14H15BrN2O2S. The lowest BCUT2D eigenvalue weighted by atomic mass is 10.1. The van der Waals surface area contributed by atoms with E-state index >= 15 is 0 Å². The lowest BCUT2D eigenvalue weighted by Crippen LogP contribution is -2.25. The number of anilines is 1. The maximum absolute atomic E-state index is 12.4. The van der Waals surface area contributed by atoms with Crippen LogP contribution in [0.4, 0.5) is 5.69 Å². The summed E-state index contributed by atoms with van der Waals surface area (Å²) in [6.45, 7) is 0.571. The van der Waals surface area contributed by atoms with Gasteiger partial charge < -0.3 is 15.4 Å². The van der Waals surface area contributed by atoms with Crippen molar-refractivity contribution in [3.05, 3.63) is 44.6 Å². The molecule has 1 aromatic heterocycles. The van der Waals surface area contributed by atoms with Crippen molar-refractivity contribution < 1.29 is 9.53 Å². The predicted molar refractivity (Wildman–Crippen MR) is 85.2 cm³/mol. The summed E-state index contributed by atoms with van der Waals surface area (Å²) in [5.41, 5.74) is 6.84. The smallest absolute Gasteiger partial charge is 0.254 e. The van der Waals surface area contributed by atoms with Crippen LogP contribution in [0.1, 0.15) is 15.2 Å². The zero-order valence-corrected chi connectivity index (χ0v) is 13.6. The van der Waals surface area contributed by atoms with Crippen molar-refractivity contribution in [3.63, 3.8) is 0 Å². The first-order valence-corrected chi connectivity index (χ1v) is 7.60. The van der Waals surface area contributed by atoms with Gasteiger partial charge in [-0.2, -0.15) is 0 Å². The molecule has 0 bridgehead atoms. The first-order valence-electron chi connectivity index (χ1n) is 5.93. The number of methoxy groups -OCH3 is 1. The zero-order valence-electron chi connectivity index (χ0n) is 11.2. The number of amides is 1. The van der Waals surface area contributed by atoms with E-state index in [-0.39, 0.29) is 5.91 Å². The van der Waals surface area contributed by atoms with Gasteiger partial charge >= 0.3 is 0 Å². The van der Waals surface area contributed by atoms with Crippen LogP contribution >= 0.6 is 27.3 Å². The second kappa shape index (κ2) is 6.28. The Balaban J connectivity index is 2.14. The van der Waals surface area contributed by atoms with Crippen LogP contribution < -0.4 is 10.5 Å². The van der Waals surface area contributed by atoms with Crippen molar-refractivity contribution in [2.75, 3.05) is 19.9 Å². The molecule has 0 aliphatic rings. The van der Waals surface area contributed by atoms with Crippen LogP contribution in [0, 0.1) is 0 Å². The number of nitrogens with zero attached hydrogens (tertiary/aromatic N) is 1. The number of hydrogen-bond donors (Lipinski definition) is 1. The molecule has 1 heterocycles. The first kappa shape index (κ1) is 14.9. The molecule has 0 aliphatic heterocycles. The van der Waals surface area contributed by atoms with E-state index in [1.807, 2.05) is 11.4 Å². The third-order valence-corrected chi connectivity index (χ3v) is 4.52. The number of nitrogens with two attached hydrogens (primary N) is 1. The van der Waals surface area contributed by atoms with Gasteiger partial charge in [0.2, 0.25) is 0 Å². The van der Waals surface area contributed by atoms with E-state index in [2.05, 4.69) is 15.9 Å². The fourth-order valence-electron chi connectivity index (χ4n) is 1.81. The topological polar surface area (TPSA) is 55.6 Å². The minimum Gasteiger partial charge on any atom is -0.495 e. The molecule has 0 saturated heterocycles. The molecule has 0 fully saturated rings. The summed E-state index contributed by atoms with van der Waals surface area (Å²) in [6.07, 6.45) is 0. The van der Waals surface area contributed by atoms with E-state index in [1.165, 1.54) is 7.11 Å². The Labute approximate surface area is 130 Å². The standard InChI is InChI=1S/C14H15BrN2O2S/c1-17(7-11-6-10(15)8-20-11)14(18)9-3-4-12(16)13(5-9)19-2/h3-6,8H,7,16H2,1-2H3. The Hall–Kier alpha value is -1.53. The van der Waals surface area contributed by atoms with Crippen molar-refractivity contribution >= 4 is 38.9 Å². The number of rotatable bonds is 4. The monoisotopic (exact) mass is 354 g/mol. The van der Waals surface area contributed by atoms with Gasteiger partial charge in [-0.25, -0.2) is 0 Å². The molecule has 2 aromatic rings. The van der Waals surface area contributed by atoms with Crippen LogP contribution in [0.3, 0.4) is 0 Å². The van der Waals surface area contributed by atoms with Gasteiger partial charge in [-0.3, -0.25) is 4.79 Å². The fraction of sp³-hybridized carbons (Fsp3) is 0.214. The third-order valence-electron chi connectivity index (χ3n) is 2.84. The van der Waals surface area contributed by atoms with Crippen molar-refractivity contribution in [3.8, 4) is 5.75 Å². The van der Waals surface area contributed by atoms with Crippen molar-refractivity contribution in [1.29, 1.82) is 0 Å². The lowest BCUT2D eigenvalue weighted by molar-refractivity contribution is 0.0786. The van der Waals surface area contributed by atoms with Gasteiger partial charge in [0.05, 0.1) is 19.3 Å².